The molecule has 1 amide bonds. The molecule has 1 aliphatic heterocycles. The number of nitrogens with one attached hydrogen (secondary N) is 1. The van der Waals surface area contributed by atoms with Crippen molar-refractivity contribution in [3.05, 3.63) is 60.2 Å². The lowest BCUT2D eigenvalue weighted by Crippen LogP contribution is -2.40. The predicted octanol–water partition coefficient (Wildman–Crippen LogP) is 2.48. The molecule has 2 unspecified atom stereocenters. The maximum absolute atomic E-state index is 12.7. The van der Waals surface area contributed by atoms with Gasteiger partial charge >= 0.3 is 0 Å². The van der Waals surface area contributed by atoms with Gasteiger partial charge in [-0.2, -0.15) is 0 Å². The molecule has 0 saturated carbocycles. The summed E-state index contributed by atoms with van der Waals surface area (Å²) in [4.78, 5) is 12.7. The number of hydrogen-bond acceptors (Lipinski definition) is 4. The number of benzene rings is 2. The van der Waals surface area contributed by atoms with Crippen LogP contribution in [0.3, 0.4) is 0 Å². The minimum absolute atomic E-state index is 0.170. The average molecular weight is 374 g/mol. The van der Waals surface area contributed by atoms with E-state index in [9.17, 15) is 13.2 Å². The quantitative estimate of drug-likeness (QED) is 0.892. The highest BCUT2D eigenvalue weighted by Gasteiger charge is 2.31. The molecule has 3 rings (SSSR count). The first kappa shape index (κ1) is 18.3. The summed E-state index contributed by atoms with van der Waals surface area (Å²) >= 11 is 0. The SMILES string of the molecule is CC(NC(=O)C1CCN(S(C)(=O)=O)c2ccccc2O1)c1ccccc1. The Bertz CT molecular complexity index is 883. The van der Waals surface area contributed by atoms with Crippen LogP contribution in [-0.2, 0) is 14.8 Å². The maximum Gasteiger partial charge on any atom is 0.261 e. The van der Waals surface area contributed by atoms with Crippen molar-refractivity contribution in [1.82, 2.24) is 5.32 Å². The minimum Gasteiger partial charge on any atom is -0.478 e. The number of amides is 1. The van der Waals surface area contributed by atoms with E-state index in [1.54, 1.807) is 24.3 Å². The van der Waals surface area contributed by atoms with E-state index in [2.05, 4.69) is 5.32 Å². The molecule has 0 bridgehead atoms. The summed E-state index contributed by atoms with van der Waals surface area (Å²) in [7, 11) is -3.46. The number of ether oxygens (including phenoxy) is 1. The van der Waals surface area contributed by atoms with Crippen LogP contribution in [0.5, 0.6) is 5.75 Å². The van der Waals surface area contributed by atoms with E-state index in [1.165, 1.54) is 4.31 Å². The van der Waals surface area contributed by atoms with Gasteiger partial charge in [-0.05, 0) is 24.6 Å². The highest BCUT2D eigenvalue weighted by molar-refractivity contribution is 7.92. The van der Waals surface area contributed by atoms with Crippen LogP contribution < -0.4 is 14.4 Å². The van der Waals surface area contributed by atoms with E-state index < -0.39 is 16.1 Å². The number of fused-ring (bicyclic) bond motifs is 1. The molecule has 1 aliphatic rings. The van der Waals surface area contributed by atoms with E-state index in [4.69, 9.17) is 4.74 Å². The minimum atomic E-state index is -3.46. The zero-order valence-electron chi connectivity index (χ0n) is 14.8. The Kier molecular flexibility index (Phi) is 5.18. The molecular formula is C19H22N2O4S. The second-order valence-electron chi connectivity index (χ2n) is 6.34. The van der Waals surface area contributed by atoms with Gasteiger partial charge in [-0.25, -0.2) is 8.42 Å². The number of sulfonamides is 1. The fraction of sp³-hybridized carbons (Fsp3) is 0.316. The molecule has 2 atom stereocenters. The molecule has 1 N–H and O–H groups in total. The number of hydrogen-bond donors (Lipinski definition) is 1. The Morgan fingerprint density at radius 1 is 1.15 bits per heavy atom. The molecule has 0 aliphatic carbocycles. The number of rotatable bonds is 4. The van der Waals surface area contributed by atoms with Crippen molar-refractivity contribution in [3.8, 4) is 5.75 Å². The molecule has 2 aromatic carbocycles. The first-order valence-corrected chi connectivity index (χ1v) is 10.3. The van der Waals surface area contributed by atoms with Crippen molar-refractivity contribution in [3.63, 3.8) is 0 Å². The van der Waals surface area contributed by atoms with E-state index in [-0.39, 0.29) is 24.9 Å². The van der Waals surface area contributed by atoms with Gasteiger partial charge in [0.2, 0.25) is 10.0 Å². The van der Waals surface area contributed by atoms with Crippen LogP contribution in [0.25, 0.3) is 0 Å². The zero-order chi connectivity index (χ0) is 18.7. The van der Waals surface area contributed by atoms with Gasteiger partial charge in [0.15, 0.2) is 6.10 Å². The Labute approximate surface area is 153 Å². The fourth-order valence-corrected chi connectivity index (χ4v) is 3.94. The number of carbonyl (C=O) groups is 1. The van der Waals surface area contributed by atoms with Gasteiger partial charge < -0.3 is 10.1 Å². The van der Waals surface area contributed by atoms with Crippen LogP contribution in [-0.4, -0.2) is 33.2 Å². The first-order chi connectivity index (χ1) is 12.4. The summed E-state index contributed by atoms with van der Waals surface area (Å²) in [6.07, 6.45) is 0.672. The monoisotopic (exact) mass is 374 g/mol. The van der Waals surface area contributed by atoms with Crippen molar-refractivity contribution >= 4 is 21.6 Å². The normalized spacial score (nSPS) is 18.2. The Morgan fingerprint density at radius 2 is 1.81 bits per heavy atom. The average Bonchev–Trinajstić information content (AvgIpc) is 2.82. The molecule has 2 aromatic rings. The molecule has 0 radical (unpaired) electrons. The molecule has 6 nitrogen and oxygen atoms in total. The topological polar surface area (TPSA) is 75.7 Å². The van der Waals surface area contributed by atoms with Crippen LogP contribution in [0.2, 0.25) is 0 Å². The molecule has 0 fully saturated rings. The first-order valence-electron chi connectivity index (χ1n) is 8.45. The van der Waals surface area contributed by atoms with Gasteiger partial charge in [-0.1, -0.05) is 42.5 Å². The largest absolute Gasteiger partial charge is 0.478 e. The third kappa shape index (κ3) is 3.99. The summed E-state index contributed by atoms with van der Waals surface area (Å²) in [5, 5.41) is 2.95. The van der Waals surface area contributed by atoms with Gasteiger partial charge in [0, 0.05) is 13.0 Å². The highest BCUT2D eigenvalue weighted by Crippen LogP contribution is 2.33. The van der Waals surface area contributed by atoms with Crippen LogP contribution >= 0.6 is 0 Å². The van der Waals surface area contributed by atoms with Gasteiger partial charge in [-0.15, -0.1) is 0 Å². The molecule has 26 heavy (non-hydrogen) atoms. The van der Waals surface area contributed by atoms with Gasteiger partial charge in [0.25, 0.3) is 5.91 Å². The summed E-state index contributed by atoms with van der Waals surface area (Å²) < 4.78 is 31.4. The number of carbonyl (C=O) groups excluding carboxylic acids is 1. The Hall–Kier alpha value is -2.54. The molecule has 1 heterocycles. The van der Waals surface area contributed by atoms with E-state index in [0.29, 0.717) is 11.4 Å². The highest BCUT2D eigenvalue weighted by atomic mass is 32.2. The van der Waals surface area contributed by atoms with Gasteiger partial charge in [0.1, 0.15) is 5.75 Å². The van der Waals surface area contributed by atoms with Gasteiger partial charge in [-0.3, -0.25) is 9.10 Å². The third-order valence-electron chi connectivity index (χ3n) is 4.35. The van der Waals surface area contributed by atoms with Crippen molar-refractivity contribution in [2.24, 2.45) is 0 Å². The summed E-state index contributed by atoms with van der Waals surface area (Å²) in [5.74, 6) is 0.134. The number of para-hydroxylation sites is 2. The summed E-state index contributed by atoms with van der Waals surface area (Å²) in [6.45, 7) is 2.09. The summed E-state index contributed by atoms with van der Waals surface area (Å²) in [6, 6.07) is 16.3. The molecular weight excluding hydrogens is 352 g/mol. The van der Waals surface area contributed by atoms with E-state index in [1.807, 2.05) is 37.3 Å². The summed E-state index contributed by atoms with van der Waals surface area (Å²) in [5.41, 5.74) is 1.45. The lowest BCUT2D eigenvalue weighted by molar-refractivity contribution is -0.128. The molecule has 0 aromatic heterocycles. The van der Waals surface area contributed by atoms with Crippen molar-refractivity contribution in [2.75, 3.05) is 17.1 Å². The lowest BCUT2D eigenvalue weighted by atomic mass is 10.1. The van der Waals surface area contributed by atoms with Crippen LogP contribution in [0.1, 0.15) is 24.9 Å². The second kappa shape index (κ2) is 7.37. The van der Waals surface area contributed by atoms with E-state index >= 15 is 0 Å². The predicted molar refractivity (Wildman–Crippen MR) is 101 cm³/mol. The molecule has 7 heteroatoms. The second-order valence-corrected chi connectivity index (χ2v) is 8.25. The lowest BCUT2D eigenvalue weighted by Gasteiger charge is -2.20. The number of nitrogens with zero attached hydrogens (tertiary/aromatic N) is 1. The number of anilines is 1. The van der Waals surface area contributed by atoms with E-state index in [0.717, 1.165) is 11.8 Å². The molecule has 0 saturated heterocycles. The van der Waals surface area contributed by atoms with Crippen LogP contribution in [0.15, 0.2) is 54.6 Å². The van der Waals surface area contributed by atoms with Crippen molar-refractivity contribution < 1.29 is 17.9 Å². The third-order valence-corrected chi connectivity index (χ3v) is 5.53. The maximum atomic E-state index is 12.7. The Balaban J connectivity index is 1.79. The fourth-order valence-electron chi connectivity index (χ4n) is 2.99. The van der Waals surface area contributed by atoms with Gasteiger partial charge in [0.05, 0.1) is 18.0 Å². The Morgan fingerprint density at radius 3 is 2.50 bits per heavy atom. The van der Waals surface area contributed by atoms with Crippen LogP contribution in [0, 0.1) is 0 Å². The smallest absolute Gasteiger partial charge is 0.261 e. The molecule has 0 spiro atoms. The zero-order valence-corrected chi connectivity index (χ0v) is 15.6. The van der Waals surface area contributed by atoms with Crippen molar-refractivity contribution in [1.29, 1.82) is 0 Å². The standard InChI is InChI=1S/C19H22N2O4S/c1-14(15-8-4-3-5-9-15)20-19(22)18-12-13-21(26(2,23)24)16-10-6-7-11-17(16)25-18/h3-11,14,18H,12-13H2,1-2H3,(H,20,22). The van der Waals surface area contributed by atoms with Crippen LogP contribution in [0.4, 0.5) is 5.69 Å². The molecule has 138 valence electrons. The van der Waals surface area contributed by atoms with Crippen molar-refractivity contribution in [2.45, 2.75) is 25.5 Å².